The van der Waals surface area contributed by atoms with Gasteiger partial charge in [0.15, 0.2) is 0 Å². The summed E-state index contributed by atoms with van der Waals surface area (Å²) in [5.74, 6) is -0.888. The van der Waals surface area contributed by atoms with Gasteiger partial charge >= 0.3 is 5.97 Å². The maximum atomic E-state index is 11.1. The lowest BCUT2D eigenvalue weighted by molar-refractivity contribution is 0.0696. The smallest absolute Gasteiger partial charge is 0.336 e. The van der Waals surface area contributed by atoms with Crippen LogP contribution in [0.1, 0.15) is 38.6 Å². The number of benzene rings is 1. The lowest BCUT2D eigenvalue weighted by Crippen LogP contribution is -2.08. The molecule has 0 radical (unpaired) electrons. The van der Waals surface area contributed by atoms with Crippen molar-refractivity contribution in [2.75, 3.05) is 5.32 Å². The number of hydrogen-bond acceptors (Lipinski definition) is 3. The van der Waals surface area contributed by atoms with Crippen molar-refractivity contribution in [1.29, 1.82) is 0 Å². The number of carbonyl (C=O) groups is 1. The molecule has 1 atom stereocenters. The van der Waals surface area contributed by atoms with Gasteiger partial charge in [0.05, 0.1) is 11.6 Å². The minimum absolute atomic E-state index is 0.168. The Hall–Kier alpha value is -1.81. The third-order valence-corrected chi connectivity index (χ3v) is 4.31. The number of carboxylic acids is 1. The molecule has 1 unspecified atom stereocenters. The summed E-state index contributed by atoms with van der Waals surface area (Å²) in [6.07, 6.45) is 0. The lowest BCUT2D eigenvalue weighted by Gasteiger charge is -2.16. The molecule has 0 aliphatic rings. The highest BCUT2D eigenvalue weighted by atomic mass is 32.1. The minimum atomic E-state index is -0.888. The molecule has 2 aromatic rings. The molecule has 0 saturated carbocycles. The third kappa shape index (κ3) is 2.96. The first-order valence-electron chi connectivity index (χ1n) is 6.15. The summed E-state index contributed by atoms with van der Waals surface area (Å²) >= 11 is 1.75. The molecule has 3 nitrogen and oxygen atoms in total. The second-order valence-corrected chi connectivity index (χ2v) is 5.92. The van der Waals surface area contributed by atoms with Crippen LogP contribution in [-0.4, -0.2) is 11.1 Å². The molecule has 0 saturated heterocycles. The highest BCUT2D eigenvalue weighted by Crippen LogP contribution is 2.28. The zero-order chi connectivity index (χ0) is 14.0. The molecule has 2 N–H and O–H groups in total. The fourth-order valence-corrected chi connectivity index (χ4v) is 2.89. The molecule has 1 aromatic carbocycles. The number of carboxylic acid groups (broad SMARTS) is 1. The molecule has 100 valence electrons. The standard InChI is InChI=1S/C15H17NO2S/c1-9-7-8-14(19-9)11(3)16-13-6-4-5-12(10(13)2)15(17)18/h4-8,11,16H,1-3H3,(H,17,18). The van der Waals surface area contributed by atoms with Crippen molar-refractivity contribution in [2.45, 2.75) is 26.8 Å². The Morgan fingerprint density at radius 3 is 2.58 bits per heavy atom. The highest BCUT2D eigenvalue weighted by Gasteiger charge is 2.13. The van der Waals surface area contributed by atoms with Gasteiger partial charge in [-0.15, -0.1) is 11.3 Å². The summed E-state index contributed by atoms with van der Waals surface area (Å²) < 4.78 is 0. The van der Waals surface area contributed by atoms with E-state index in [1.54, 1.807) is 23.5 Å². The average Bonchev–Trinajstić information content (AvgIpc) is 2.78. The normalized spacial score (nSPS) is 12.2. The van der Waals surface area contributed by atoms with Gasteiger partial charge in [-0.25, -0.2) is 4.79 Å². The van der Waals surface area contributed by atoms with Crippen molar-refractivity contribution in [3.8, 4) is 0 Å². The first-order chi connectivity index (χ1) is 8.99. The van der Waals surface area contributed by atoms with Gasteiger partial charge in [-0.05, 0) is 50.6 Å². The molecule has 0 amide bonds. The highest BCUT2D eigenvalue weighted by molar-refractivity contribution is 7.12. The minimum Gasteiger partial charge on any atom is -0.478 e. The summed E-state index contributed by atoms with van der Waals surface area (Å²) in [7, 11) is 0. The van der Waals surface area contributed by atoms with Gasteiger partial charge in [-0.3, -0.25) is 0 Å². The van der Waals surface area contributed by atoms with Gasteiger partial charge in [0.2, 0.25) is 0 Å². The molecule has 0 bridgehead atoms. The monoisotopic (exact) mass is 275 g/mol. The maximum absolute atomic E-state index is 11.1. The number of aryl methyl sites for hydroxylation is 1. The van der Waals surface area contributed by atoms with Gasteiger partial charge < -0.3 is 10.4 Å². The fourth-order valence-electron chi connectivity index (χ4n) is 2.01. The fraction of sp³-hybridized carbons (Fsp3) is 0.267. The molecule has 0 fully saturated rings. The van der Waals surface area contributed by atoms with E-state index < -0.39 is 5.97 Å². The van der Waals surface area contributed by atoms with Crippen molar-refractivity contribution in [2.24, 2.45) is 0 Å². The number of hydrogen-bond donors (Lipinski definition) is 2. The number of nitrogens with one attached hydrogen (secondary N) is 1. The summed E-state index contributed by atoms with van der Waals surface area (Å²) in [5.41, 5.74) is 1.99. The summed E-state index contributed by atoms with van der Waals surface area (Å²) in [6.45, 7) is 5.99. The van der Waals surface area contributed by atoms with Gasteiger partial charge in [0.1, 0.15) is 0 Å². The first kappa shape index (κ1) is 13.6. The second kappa shape index (κ2) is 5.45. The molecular weight excluding hydrogens is 258 g/mol. The SMILES string of the molecule is Cc1ccc(C(C)Nc2cccc(C(=O)O)c2C)s1. The van der Waals surface area contributed by atoms with Crippen LogP contribution in [0.3, 0.4) is 0 Å². The van der Waals surface area contributed by atoms with E-state index in [9.17, 15) is 4.79 Å². The van der Waals surface area contributed by atoms with E-state index >= 15 is 0 Å². The van der Waals surface area contributed by atoms with Crippen LogP contribution in [-0.2, 0) is 0 Å². The zero-order valence-corrected chi connectivity index (χ0v) is 12.0. The van der Waals surface area contributed by atoms with Crippen LogP contribution in [0.2, 0.25) is 0 Å². The van der Waals surface area contributed by atoms with E-state index in [1.807, 2.05) is 13.0 Å². The van der Waals surface area contributed by atoms with Gasteiger partial charge in [0, 0.05) is 15.4 Å². The van der Waals surface area contributed by atoms with Crippen LogP contribution in [0.15, 0.2) is 30.3 Å². The predicted octanol–water partition coefficient (Wildman–Crippen LogP) is 4.24. The molecule has 0 aliphatic heterocycles. The van der Waals surface area contributed by atoms with E-state index in [2.05, 4.69) is 31.3 Å². The molecule has 0 aliphatic carbocycles. The predicted molar refractivity (Wildman–Crippen MR) is 79.2 cm³/mol. The van der Waals surface area contributed by atoms with E-state index in [0.29, 0.717) is 5.56 Å². The summed E-state index contributed by atoms with van der Waals surface area (Å²) in [6, 6.07) is 9.68. The van der Waals surface area contributed by atoms with Crippen LogP contribution in [0, 0.1) is 13.8 Å². The Morgan fingerprint density at radius 2 is 2.00 bits per heavy atom. The number of thiophene rings is 1. The Morgan fingerprint density at radius 1 is 1.26 bits per heavy atom. The third-order valence-electron chi connectivity index (χ3n) is 3.12. The molecule has 4 heteroatoms. The van der Waals surface area contributed by atoms with Gasteiger partial charge in [-0.2, -0.15) is 0 Å². The Balaban J connectivity index is 2.24. The van der Waals surface area contributed by atoms with E-state index in [4.69, 9.17) is 5.11 Å². The van der Waals surface area contributed by atoms with E-state index in [1.165, 1.54) is 9.75 Å². The van der Waals surface area contributed by atoms with Crippen LogP contribution in [0.25, 0.3) is 0 Å². The average molecular weight is 275 g/mol. The number of rotatable bonds is 4. The van der Waals surface area contributed by atoms with Crippen LogP contribution >= 0.6 is 11.3 Å². The quantitative estimate of drug-likeness (QED) is 0.877. The van der Waals surface area contributed by atoms with Crippen molar-refractivity contribution in [3.05, 3.63) is 51.2 Å². The van der Waals surface area contributed by atoms with Gasteiger partial charge in [0.25, 0.3) is 0 Å². The molecule has 2 rings (SSSR count). The molecule has 1 aromatic heterocycles. The number of anilines is 1. The van der Waals surface area contributed by atoms with Crippen LogP contribution < -0.4 is 5.32 Å². The summed E-state index contributed by atoms with van der Waals surface area (Å²) in [5, 5.41) is 12.5. The Kier molecular flexibility index (Phi) is 3.90. The van der Waals surface area contributed by atoms with Crippen molar-refractivity contribution in [3.63, 3.8) is 0 Å². The van der Waals surface area contributed by atoms with E-state index in [0.717, 1.165) is 11.3 Å². The topological polar surface area (TPSA) is 49.3 Å². The lowest BCUT2D eigenvalue weighted by atomic mass is 10.1. The molecule has 19 heavy (non-hydrogen) atoms. The van der Waals surface area contributed by atoms with Crippen molar-refractivity contribution < 1.29 is 9.90 Å². The maximum Gasteiger partial charge on any atom is 0.336 e. The first-order valence-corrected chi connectivity index (χ1v) is 6.96. The second-order valence-electron chi connectivity index (χ2n) is 4.60. The molecule has 1 heterocycles. The zero-order valence-electron chi connectivity index (χ0n) is 11.2. The van der Waals surface area contributed by atoms with Crippen LogP contribution in [0.5, 0.6) is 0 Å². The van der Waals surface area contributed by atoms with Crippen molar-refractivity contribution >= 4 is 23.0 Å². The number of aromatic carboxylic acids is 1. The summed E-state index contributed by atoms with van der Waals surface area (Å²) in [4.78, 5) is 13.6. The molecule has 0 spiro atoms. The Bertz CT molecular complexity index is 604. The van der Waals surface area contributed by atoms with Crippen molar-refractivity contribution in [1.82, 2.24) is 0 Å². The van der Waals surface area contributed by atoms with Gasteiger partial charge in [-0.1, -0.05) is 6.07 Å². The van der Waals surface area contributed by atoms with Crippen LogP contribution in [0.4, 0.5) is 5.69 Å². The Labute approximate surface area is 116 Å². The largest absolute Gasteiger partial charge is 0.478 e. The van der Waals surface area contributed by atoms with E-state index in [-0.39, 0.29) is 6.04 Å². The molecular formula is C15H17NO2S.